The Morgan fingerprint density at radius 3 is 2.29 bits per heavy atom. The van der Waals surface area contributed by atoms with Gasteiger partial charge in [0.2, 0.25) is 5.91 Å². The molecule has 6 heteroatoms. The summed E-state index contributed by atoms with van der Waals surface area (Å²) in [6.07, 6.45) is -0.747. The summed E-state index contributed by atoms with van der Waals surface area (Å²) >= 11 is 0. The molecule has 1 atom stereocenters. The summed E-state index contributed by atoms with van der Waals surface area (Å²) in [5.41, 5.74) is 3.92. The van der Waals surface area contributed by atoms with Crippen LogP contribution in [0.15, 0.2) is 60.7 Å². The number of hydroxylamine groups is 1. The molecule has 6 nitrogen and oxygen atoms in total. The minimum absolute atomic E-state index is 0.132. The Morgan fingerprint density at radius 1 is 1.00 bits per heavy atom. The topological polar surface area (TPSA) is 76.7 Å². The number of carbonyl (C=O) groups is 2. The Bertz CT molecular complexity index is 647. The van der Waals surface area contributed by atoms with Crippen molar-refractivity contribution in [1.29, 1.82) is 0 Å². The number of hydrogen-bond acceptors (Lipinski definition) is 4. The molecular weight excluding hydrogens is 308 g/mol. The van der Waals surface area contributed by atoms with Gasteiger partial charge in [-0.2, -0.15) is 5.48 Å². The van der Waals surface area contributed by atoms with Gasteiger partial charge >= 0.3 is 6.09 Å². The van der Waals surface area contributed by atoms with E-state index in [1.165, 1.54) is 0 Å². The van der Waals surface area contributed by atoms with Crippen molar-refractivity contribution in [3.8, 4) is 0 Å². The molecule has 2 rings (SSSR count). The van der Waals surface area contributed by atoms with Gasteiger partial charge in [-0.3, -0.25) is 9.63 Å². The summed E-state index contributed by atoms with van der Waals surface area (Å²) in [6, 6.07) is 18.7. The predicted octanol–water partition coefficient (Wildman–Crippen LogP) is 2.72. The zero-order valence-electron chi connectivity index (χ0n) is 13.4. The first-order chi connectivity index (χ1) is 11.6. The molecule has 0 radical (unpaired) electrons. The van der Waals surface area contributed by atoms with Crippen LogP contribution in [0.2, 0.25) is 0 Å². The van der Waals surface area contributed by atoms with E-state index in [0.717, 1.165) is 11.1 Å². The van der Waals surface area contributed by atoms with Crippen molar-refractivity contribution < 1.29 is 19.2 Å². The highest BCUT2D eigenvalue weighted by atomic mass is 16.7. The highest BCUT2D eigenvalue weighted by molar-refractivity contribution is 5.77. The Kier molecular flexibility index (Phi) is 6.79. The monoisotopic (exact) mass is 328 g/mol. The Labute approximate surface area is 140 Å². The number of amides is 2. The Hall–Kier alpha value is -2.86. The molecule has 0 aliphatic carbocycles. The van der Waals surface area contributed by atoms with E-state index in [0.29, 0.717) is 0 Å². The molecule has 0 heterocycles. The van der Waals surface area contributed by atoms with E-state index in [9.17, 15) is 9.59 Å². The molecule has 0 spiro atoms. The van der Waals surface area contributed by atoms with Gasteiger partial charge in [0.15, 0.2) is 6.61 Å². The molecule has 0 fully saturated rings. The largest absolute Gasteiger partial charge is 0.443 e. The standard InChI is InChI=1S/C18H20N2O4/c1-14(16-10-6-3-7-11-16)19-17(21)13-24-20-18(22)23-12-15-8-4-2-5-9-15/h2-11,14H,12-13H2,1H3,(H,19,21)(H,20,22)/t14-/m0/s1. The van der Waals surface area contributed by atoms with Crippen LogP contribution in [0.4, 0.5) is 4.79 Å². The van der Waals surface area contributed by atoms with Gasteiger partial charge in [-0.1, -0.05) is 60.7 Å². The molecule has 2 N–H and O–H groups in total. The van der Waals surface area contributed by atoms with Crippen molar-refractivity contribution in [3.63, 3.8) is 0 Å². The molecule has 2 amide bonds. The second kappa shape index (κ2) is 9.32. The van der Waals surface area contributed by atoms with Crippen molar-refractivity contribution in [1.82, 2.24) is 10.8 Å². The lowest BCUT2D eigenvalue weighted by Crippen LogP contribution is -2.34. The van der Waals surface area contributed by atoms with E-state index in [-0.39, 0.29) is 25.2 Å². The van der Waals surface area contributed by atoms with Gasteiger partial charge in [0.05, 0.1) is 6.04 Å². The summed E-state index contributed by atoms with van der Waals surface area (Å²) in [4.78, 5) is 28.1. The number of ether oxygens (including phenoxy) is 1. The van der Waals surface area contributed by atoms with Gasteiger partial charge in [0.25, 0.3) is 0 Å². The van der Waals surface area contributed by atoms with Crippen molar-refractivity contribution in [2.45, 2.75) is 19.6 Å². The fraction of sp³-hybridized carbons (Fsp3) is 0.222. The summed E-state index contributed by atoms with van der Waals surface area (Å²) in [7, 11) is 0. The quantitative estimate of drug-likeness (QED) is 0.766. The molecule has 0 saturated heterocycles. The second-order valence-electron chi connectivity index (χ2n) is 5.15. The third kappa shape index (κ3) is 6.10. The Balaban J connectivity index is 1.62. The van der Waals surface area contributed by atoms with E-state index in [1.54, 1.807) is 0 Å². The zero-order chi connectivity index (χ0) is 17.2. The molecule has 0 aliphatic heterocycles. The maximum absolute atomic E-state index is 11.8. The lowest BCUT2D eigenvalue weighted by atomic mass is 10.1. The van der Waals surface area contributed by atoms with Crippen LogP contribution in [0.3, 0.4) is 0 Å². The van der Waals surface area contributed by atoms with Crippen LogP contribution in [0, 0.1) is 0 Å². The van der Waals surface area contributed by atoms with Crippen LogP contribution < -0.4 is 10.8 Å². The van der Waals surface area contributed by atoms with Gasteiger partial charge in [-0.25, -0.2) is 4.79 Å². The van der Waals surface area contributed by atoms with E-state index < -0.39 is 6.09 Å². The van der Waals surface area contributed by atoms with Crippen LogP contribution in [-0.2, 0) is 21.0 Å². The van der Waals surface area contributed by atoms with E-state index in [2.05, 4.69) is 10.8 Å². The van der Waals surface area contributed by atoms with Crippen molar-refractivity contribution in [2.75, 3.05) is 6.61 Å². The van der Waals surface area contributed by atoms with Crippen LogP contribution in [0.25, 0.3) is 0 Å². The van der Waals surface area contributed by atoms with Crippen molar-refractivity contribution >= 4 is 12.0 Å². The van der Waals surface area contributed by atoms with Gasteiger partial charge in [0, 0.05) is 0 Å². The molecule has 2 aromatic rings. The first-order valence-corrected chi connectivity index (χ1v) is 7.58. The molecule has 24 heavy (non-hydrogen) atoms. The summed E-state index contributed by atoms with van der Waals surface area (Å²) in [5, 5.41) is 2.77. The minimum Gasteiger partial charge on any atom is -0.443 e. The smallest absolute Gasteiger partial charge is 0.431 e. The fourth-order valence-electron chi connectivity index (χ4n) is 2.02. The second-order valence-corrected chi connectivity index (χ2v) is 5.15. The molecule has 2 aromatic carbocycles. The number of benzene rings is 2. The number of rotatable bonds is 7. The van der Waals surface area contributed by atoms with Gasteiger partial charge < -0.3 is 10.1 Å². The SMILES string of the molecule is C[C@H](NC(=O)CONC(=O)OCc1ccccc1)c1ccccc1. The maximum Gasteiger partial charge on any atom is 0.431 e. The Morgan fingerprint density at radius 2 is 1.62 bits per heavy atom. The average molecular weight is 328 g/mol. The average Bonchev–Trinajstić information content (AvgIpc) is 2.61. The van der Waals surface area contributed by atoms with Crippen molar-refractivity contribution in [3.05, 3.63) is 71.8 Å². The summed E-state index contributed by atoms with van der Waals surface area (Å²) < 4.78 is 4.95. The summed E-state index contributed by atoms with van der Waals surface area (Å²) in [5.74, 6) is -0.338. The van der Waals surface area contributed by atoms with Crippen molar-refractivity contribution in [2.24, 2.45) is 0 Å². The number of hydrogen-bond donors (Lipinski definition) is 2. The van der Waals surface area contributed by atoms with E-state index >= 15 is 0 Å². The maximum atomic E-state index is 11.8. The minimum atomic E-state index is -0.747. The molecule has 126 valence electrons. The molecule has 0 aromatic heterocycles. The molecule has 0 bridgehead atoms. The fourth-order valence-corrected chi connectivity index (χ4v) is 2.02. The van der Waals surface area contributed by atoms with Crippen LogP contribution in [-0.4, -0.2) is 18.6 Å². The van der Waals surface area contributed by atoms with Gasteiger partial charge in [-0.05, 0) is 18.1 Å². The third-order valence-electron chi connectivity index (χ3n) is 3.25. The van der Waals surface area contributed by atoms with E-state index in [4.69, 9.17) is 9.57 Å². The predicted molar refractivity (Wildman–Crippen MR) is 88.7 cm³/mol. The lowest BCUT2D eigenvalue weighted by Gasteiger charge is -2.14. The lowest BCUT2D eigenvalue weighted by molar-refractivity contribution is -0.128. The number of carbonyl (C=O) groups excluding carboxylic acids is 2. The van der Waals surface area contributed by atoms with E-state index in [1.807, 2.05) is 67.6 Å². The molecular formula is C18H20N2O4. The van der Waals surface area contributed by atoms with Crippen LogP contribution >= 0.6 is 0 Å². The zero-order valence-corrected chi connectivity index (χ0v) is 13.4. The number of nitrogens with one attached hydrogen (secondary N) is 2. The highest BCUT2D eigenvalue weighted by Crippen LogP contribution is 2.10. The first kappa shape index (κ1) is 17.5. The normalized spacial score (nSPS) is 11.4. The first-order valence-electron chi connectivity index (χ1n) is 7.58. The van der Waals surface area contributed by atoms with Crippen LogP contribution in [0.5, 0.6) is 0 Å². The molecule has 0 unspecified atom stereocenters. The third-order valence-corrected chi connectivity index (χ3v) is 3.25. The van der Waals surface area contributed by atoms with Gasteiger partial charge in [0.1, 0.15) is 6.61 Å². The molecule has 0 aliphatic rings. The molecule has 0 saturated carbocycles. The highest BCUT2D eigenvalue weighted by Gasteiger charge is 2.10. The van der Waals surface area contributed by atoms with Gasteiger partial charge in [-0.15, -0.1) is 0 Å². The summed E-state index contributed by atoms with van der Waals surface area (Å²) in [6.45, 7) is 1.71. The van der Waals surface area contributed by atoms with Crippen LogP contribution in [0.1, 0.15) is 24.1 Å².